The first-order chi connectivity index (χ1) is 9.55. The lowest BCUT2D eigenvalue weighted by Crippen LogP contribution is -2.37. The van der Waals surface area contributed by atoms with Gasteiger partial charge in [0.05, 0.1) is 0 Å². The van der Waals surface area contributed by atoms with Gasteiger partial charge in [-0.05, 0) is 23.8 Å². The van der Waals surface area contributed by atoms with Gasteiger partial charge in [0.1, 0.15) is 5.60 Å². The molecule has 5 heteroatoms. The van der Waals surface area contributed by atoms with Crippen LogP contribution in [-0.2, 0) is 5.60 Å². The molecule has 2 rings (SSSR count). The van der Waals surface area contributed by atoms with Gasteiger partial charge < -0.3 is 10.8 Å². The highest BCUT2D eigenvalue weighted by atomic mass is 32.2. The van der Waals surface area contributed by atoms with E-state index in [1.54, 1.807) is 12.1 Å². The van der Waals surface area contributed by atoms with E-state index in [-0.39, 0.29) is 12.3 Å². The summed E-state index contributed by atoms with van der Waals surface area (Å²) in [4.78, 5) is 0.548. The molecule has 1 atom stereocenters. The van der Waals surface area contributed by atoms with E-state index in [1.165, 1.54) is 17.8 Å². The Labute approximate surface area is 120 Å². The lowest BCUT2D eigenvalue weighted by Gasteiger charge is -2.26. The summed E-state index contributed by atoms with van der Waals surface area (Å²) in [6, 6.07) is 12.7. The SMILES string of the molecule is NCC(O)(CSc1ccc(F)c(F)c1)c1ccccc1. The molecule has 106 valence electrons. The molecule has 0 aliphatic rings. The first-order valence-electron chi connectivity index (χ1n) is 6.11. The number of hydrogen-bond donors (Lipinski definition) is 2. The van der Waals surface area contributed by atoms with Crippen LogP contribution >= 0.6 is 11.8 Å². The number of benzene rings is 2. The van der Waals surface area contributed by atoms with Crippen LogP contribution < -0.4 is 5.73 Å². The van der Waals surface area contributed by atoms with Gasteiger partial charge in [0.25, 0.3) is 0 Å². The zero-order valence-corrected chi connectivity index (χ0v) is 11.5. The molecule has 20 heavy (non-hydrogen) atoms. The first-order valence-corrected chi connectivity index (χ1v) is 7.09. The zero-order chi connectivity index (χ0) is 14.6. The molecule has 2 aromatic rings. The number of rotatable bonds is 5. The molecule has 0 bridgehead atoms. The Hall–Kier alpha value is -1.43. The van der Waals surface area contributed by atoms with Crippen molar-refractivity contribution in [3.63, 3.8) is 0 Å². The Morgan fingerprint density at radius 1 is 1.05 bits per heavy atom. The van der Waals surface area contributed by atoms with Crippen LogP contribution in [-0.4, -0.2) is 17.4 Å². The minimum absolute atomic E-state index is 0.0493. The summed E-state index contributed by atoms with van der Waals surface area (Å²) in [6.07, 6.45) is 0. The minimum atomic E-state index is -1.20. The largest absolute Gasteiger partial charge is 0.383 e. The smallest absolute Gasteiger partial charge is 0.159 e. The number of hydrogen-bond acceptors (Lipinski definition) is 3. The zero-order valence-electron chi connectivity index (χ0n) is 10.7. The lowest BCUT2D eigenvalue weighted by atomic mass is 9.96. The highest BCUT2D eigenvalue weighted by Crippen LogP contribution is 2.29. The van der Waals surface area contributed by atoms with Gasteiger partial charge in [-0.1, -0.05) is 30.3 Å². The quantitative estimate of drug-likeness (QED) is 0.834. The monoisotopic (exact) mass is 295 g/mol. The van der Waals surface area contributed by atoms with Crippen LogP contribution in [0, 0.1) is 11.6 Å². The second kappa shape index (κ2) is 6.35. The van der Waals surface area contributed by atoms with Gasteiger partial charge >= 0.3 is 0 Å². The van der Waals surface area contributed by atoms with Gasteiger partial charge in [-0.2, -0.15) is 0 Å². The van der Waals surface area contributed by atoms with E-state index < -0.39 is 17.2 Å². The summed E-state index contributed by atoms with van der Waals surface area (Å²) in [5.74, 6) is -1.52. The summed E-state index contributed by atoms with van der Waals surface area (Å²) < 4.78 is 26.0. The van der Waals surface area contributed by atoms with E-state index >= 15 is 0 Å². The third-order valence-electron chi connectivity index (χ3n) is 3.02. The molecule has 0 saturated carbocycles. The summed E-state index contributed by atoms with van der Waals surface area (Å²) in [6.45, 7) is 0.0493. The van der Waals surface area contributed by atoms with Crippen LogP contribution in [0.3, 0.4) is 0 Å². The van der Waals surface area contributed by atoms with Crippen molar-refractivity contribution in [2.75, 3.05) is 12.3 Å². The van der Waals surface area contributed by atoms with Gasteiger partial charge in [-0.25, -0.2) is 8.78 Å². The van der Waals surface area contributed by atoms with Gasteiger partial charge in [0.2, 0.25) is 0 Å². The maximum atomic E-state index is 13.1. The van der Waals surface area contributed by atoms with E-state index in [1.807, 2.05) is 18.2 Å². The predicted molar refractivity (Wildman–Crippen MR) is 76.5 cm³/mol. The van der Waals surface area contributed by atoms with Gasteiger partial charge in [-0.3, -0.25) is 0 Å². The van der Waals surface area contributed by atoms with Crippen molar-refractivity contribution >= 4 is 11.8 Å². The van der Waals surface area contributed by atoms with E-state index in [2.05, 4.69) is 0 Å². The fourth-order valence-electron chi connectivity index (χ4n) is 1.78. The Morgan fingerprint density at radius 2 is 1.75 bits per heavy atom. The third-order valence-corrected chi connectivity index (χ3v) is 4.23. The number of thioether (sulfide) groups is 1. The first kappa shape index (κ1) is 15.0. The fourth-order valence-corrected chi connectivity index (χ4v) is 2.82. The summed E-state index contributed by atoms with van der Waals surface area (Å²) in [5, 5.41) is 10.6. The summed E-state index contributed by atoms with van der Waals surface area (Å²) in [7, 11) is 0. The topological polar surface area (TPSA) is 46.2 Å². The molecule has 0 spiro atoms. The van der Waals surface area contributed by atoms with Gasteiger partial charge in [0, 0.05) is 17.2 Å². The van der Waals surface area contributed by atoms with Crippen LogP contribution in [0.5, 0.6) is 0 Å². The van der Waals surface area contributed by atoms with Crippen LogP contribution in [0.1, 0.15) is 5.56 Å². The molecule has 2 nitrogen and oxygen atoms in total. The van der Waals surface area contributed by atoms with Crippen molar-refractivity contribution in [1.29, 1.82) is 0 Å². The highest BCUT2D eigenvalue weighted by molar-refractivity contribution is 7.99. The molecule has 0 saturated heterocycles. The Balaban J connectivity index is 2.13. The van der Waals surface area contributed by atoms with E-state index in [0.29, 0.717) is 10.5 Å². The number of aliphatic hydroxyl groups is 1. The normalized spacial score (nSPS) is 14.0. The minimum Gasteiger partial charge on any atom is -0.383 e. The molecular weight excluding hydrogens is 280 g/mol. The maximum absolute atomic E-state index is 13.1. The van der Waals surface area contributed by atoms with E-state index in [9.17, 15) is 13.9 Å². The van der Waals surface area contributed by atoms with Gasteiger partial charge in [-0.15, -0.1) is 11.8 Å². The molecule has 1 unspecified atom stereocenters. The summed E-state index contributed by atoms with van der Waals surface area (Å²) >= 11 is 1.23. The summed E-state index contributed by atoms with van der Waals surface area (Å²) in [5.41, 5.74) is 5.17. The van der Waals surface area contributed by atoms with Crippen molar-refractivity contribution in [2.24, 2.45) is 5.73 Å². The van der Waals surface area contributed by atoms with Gasteiger partial charge in [0.15, 0.2) is 11.6 Å². The van der Waals surface area contributed by atoms with Crippen molar-refractivity contribution < 1.29 is 13.9 Å². The molecular formula is C15H15F2NOS. The average Bonchev–Trinajstić information content (AvgIpc) is 2.49. The molecule has 3 N–H and O–H groups in total. The van der Waals surface area contributed by atoms with E-state index in [4.69, 9.17) is 5.73 Å². The van der Waals surface area contributed by atoms with Crippen molar-refractivity contribution in [3.8, 4) is 0 Å². The van der Waals surface area contributed by atoms with Crippen molar-refractivity contribution in [1.82, 2.24) is 0 Å². The molecule has 2 aromatic carbocycles. The number of nitrogens with two attached hydrogens (primary N) is 1. The molecule has 0 amide bonds. The molecule has 0 aromatic heterocycles. The fraction of sp³-hybridized carbons (Fsp3) is 0.200. The Kier molecular flexibility index (Phi) is 4.75. The average molecular weight is 295 g/mol. The maximum Gasteiger partial charge on any atom is 0.159 e. The predicted octanol–water partition coefficient (Wildman–Crippen LogP) is 2.90. The van der Waals surface area contributed by atoms with Crippen LogP contribution in [0.2, 0.25) is 0 Å². The molecule has 0 heterocycles. The molecule has 0 aliphatic heterocycles. The van der Waals surface area contributed by atoms with Crippen molar-refractivity contribution in [2.45, 2.75) is 10.5 Å². The molecule has 0 radical (unpaired) electrons. The lowest BCUT2D eigenvalue weighted by molar-refractivity contribution is 0.0721. The van der Waals surface area contributed by atoms with Crippen LogP contribution in [0.15, 0.2) is 53.4 Å². The van der Waals surface area contributed by atoms with Crippen LogP contribution in [0.25, 0.3) is 0 Å². The van der Waals surface area contributed by atoms with Crippen LogP contribution in [0.4, 0.5) is 8.78 Å². The molecule has 0 fully saturated rings. The van der Waals surface area contributed by atoms with E-state index in [0.717, 1.165) is 12.1 Å². The molecule has 0 aliphatic carbocycles. The second-order valence-electron chi connectivity index (χ2n) is 4.47. The van der Waals surface area contributed by atoms with Crippen molar-refractivity contribution in [3.05, 3.63) is 65.7 Å². The Morgan fingerprint density at radius 3 is 2.35 bits per heavy atom. The third kappa shape index (κ3) is 3.36. The standard InChI is InChI=1S/C15H15F2NOS/c16-13-7-6-12(8-14(13)17)20-10-15(19,9-18)11-4-2-1-3-5-11/h1-8,19H,9-10,18H2. The number of halogens is 2. The Bertz CT molecular complexity index is 579. The highest BCUT2D eigenvalue weighted by Gasteiger charge is 2.27. The second-order valence-corrected chi connectivity index (χ2v) is 5.52.